The fourth-order valence-electron chi connectivity index (χ4n) is 1.95. The molecule has 0 aliphatic rings. The minimum Gasteiger partial charge on any atom is -0.324 e. The second-order valence-electron chi connectivity index (χ2n) is 4.49. The molecule has 0 aliphatic carbocycles. The number of para-hydroxylation sites is 2. The first-order valence-corrected chi connectivity index (χ1v) is 6.39. The quantitative estimate of drug-likeness (QED) is 0.509. The third-order valence-corrected chi connectivity index (χ3v) is 2.96. The minimum atomic E-state index is -0.502. The Morgan fingerprint density at radius 2 is 1.82 bits per heavy atom. The van der Waals surface area contributed by atoms with Crippen LogP contribution >= 0.6 is 0 Å². The molecule has 0 bridgehead atoms. The molecule has 0 saturated carbocycles. The number of imidazole rings is 1. The van der Waals surface area contributed by atoms with Crippen LogP contribution in [0.1, 0.15) is 0 Å². The number of urea groups is 1. The van der Waals surface area contributed by atoms with Gasteiger partial charge in [-0.25, -0.2) is 9.78 Å². The van der Waals surface area contributed by atoms with Crippen LogP contribution in [0, 0.1) is 10.1 Å². The van der Waals surface area contributed by atoms with Crippen molar-refractivity contribution in [2.75, 3.05) is 10.6 Å². The Labute approximate surface area is 124 Å². The number of nitrogens with zero attached hydrogens (tertiary/aromatic N) is 2. The number of hydrogen-bond acceptors (Lipinski definition) is 4. The lowest BCUT2D eigenvalue weighted by atomic mass is 10.3. The Kier molecular flexibility index (Phi) is 3.40. The van der Waals surface area contributed by atoms with E-state index in [4.69, 9.17) is 0 Å². The highest BCUT2D eigenvalue weighted by Gasteiger charge is 2.08. The van der Waals surface area contributed by atoms with Crippen LogP contribution in [0.4, 0.5) is 22.1 Å². The standard InChI is InChI=1S/C14H11N5O3/c20-14(15-9-5-7-10(8-6-9)19(21)22)18-13-16-11-3-1-2-4-12(11)17-13/h1-8H,(H3,15,16,17,18,20). The van der Waals surface area contributed by atoms with Crippen molar-refractivity contribution in [3.8, 4) is 0 Å². The van der Waals surface area contributed by atoms with Gasteiger partial charge >= 0.3 is 6.03 Å². The van der Waals surface area contributed by atoms with E-state index < -0.39 is 11.0 Å². The van der Waals surface area contributed by atoms with Gasteiger partial charge in [-0.1, -0.05) is 12.1 Å². The molecule has 3 N–H and O–H groups in total. The monoisotopic (exact) mass is 297 g/mol. The van der Waals surface area contributed by atoms with Gasteiger partial charge in [0, 0.05) is 17.8 Å². The van der Waals surface area contributed by atoms with E-state index in [2.05, 4.69) is 20.6 Å². The molecule has 3 rings (SSSR count). The topological polar surface area (TPSA) is 113 Å². The van der Waals surface area contributed by atoms with Crippen molar-refractivity contribution in [2.45, 2.75) is 0 Å². The van der Waals surface area contributed by atoms with Crippen molar-refractivity contribution in [1.29, 1.82) is 0 Å². The number of aromatic amines is 1. The van der Waals surface area contributed by atoms with E-state index in [1.54, 1.807) is 0 Å². The Bertz CT molecular complexity index is 808. The summed E-state index contributed by atoms with van der Waals surface area (Å²) >= 11 is 0. The maximum absolute atomic E-state index is 11.9. The van der Waals surface area contributed by atoms with Crippen molar-refractivity contribution in [2.24, 2.45) is 0 Å². The third-order valence-electron chi connectivity index (χ3n) is 2.96. The molecule has 1 heterocycles. The highest BCUT2D eigenvalue weighted by molar-refractivity contribution is 5.99. The van der Waals surface area contributed by atoms with Gasteiger partial charge in [0.1, 0.15) is 0 Å². The zero-order chi connectivity index (χ0) is 15.5. The summed E-state index contributed by atoms with van der Waals surface area (Å²) in [6.45, 7) is 0. The number of nitro groups is 1. The molecule has 1 aromatic heterocycles. The van der Waals surface area contributed by atoms with Gasteiger partial charge in [-0.2, -0.15) is 0 Å². The van der Waals surface area contributed by atoms with Crippen LogP contribution in [0.15, 0.2) is 48.5 Å². The van der Waals surface area contributed by atoms with Crippen LogP contribution in [0.5, 0.6) is 0 Å². The number of anilines is 2. The average molecular weight is 297 g/mol. The van der Waals surface area contributed by atoms with Gasteiger partial charge < -0.3 is 10.3 Å². The fourth-order valence-corrected chi connectivity index (χ4v) is 1.95. The zero-order valence-electron chi connectivity index (χ0n) is 11.2. The molecule has 3 aromatic rings. The number of nitro benzene ring substituents is 1. The smallest absolute Gasteiger partial charge is 0.324 e. The molecular formula is C14H11N5O3. The average Bonchev–Trinajstić information content (AvgIpc) is 2.89. The van der Waals surface area contributed by atoms with E-state index in [9.17, 15) is 14.9 Å². The van der Waals surface area contributed by atoms with Gasteiger partial charge in [-0.15, -0.1) is 0 Å². The van der Waals surface area contributed by atoms with E-state index in [-0.39, 0.29) is 5.69 Å². The van der Waals surface area contributed by atoms with Crippen molar-refractivity contribution >= 4 is 34.4 Å². The van der Waals surface area contributed by atoms with Crippen molar-refractivity contribution in [3.63, 3.8) is 0 Å². The summed E-state index contributed by atoms with van der Waals surface area (Å²) in [5, 5.41) is 15.7. The van der Waals surface area contributed by atoms with Crippen molar-refractivity contribution in [3.05, 3.63) is 58.6 Å². The largest absolute Gasteiger partial charge is 0.326 e. The maximum atomic E-state index is 11.9. The molecule has 0 aliphatic heterocycles. The highest BCUT2D eigenvalue weighted by Crippen LogP contribution is 2.16. The Hall–Kier alpha value is -3.42. The van der Waals surface area contributed by atoms with E-state index in [0.29, 0.717) is 11.6 Å². The molecule has 0 fully saturated rings. The first-order valence-electron chi connectivity index (χ1n) is 6.39. The van der Waals surface area contributed by atoms with E-state index in [1.165, 1.54) is 24.3 Å². The van der Waals surface area contributed by atoms with Gasteiger partial charge in [0.25, 0.3) is 5.69 Å². The summed E-state index contributed by atoms with van der Waals surface area (Å²) < 4.78 is 0. The lowest BCUT2D eigenvalue weighted by molar-refractivity contribution is -0.384. The fraction of sp³-hybridized carbons (Fsp3) is 0. The number of non-ortho nitro benzene ring substituents is 1. The molecule has 22 heavy (non-hydrogen) atoms. The van der Waals surface area contributed by atoms with E-state index >= 15 is 0 Å². The summed E-state index contributed by atoms with van der Waals surface area (Å²) in [5.41, 5.74) is 1.96. The molecule has 0 radical (unpaired) electrons. The summed E-state index contributed by atoms with van der Waals surface area (Å²) in [7, 11) is 0. The summed E-state index contributed by atoms with van der Waals surface area (Å²) in [6.07, 6.45) is 0. The van der Waals surface area contributed by atoms with Gasteiger partial charge in [0.05, 0.1) is 16.0 Å². The third kappa shape index (κ3) is 2.85. The van der Waals surface area contributed by atoms with Crippen LogP contribution in [0.25, 0.3) is 11.0 Å². The van der Waals surface area contributed by atoms with Crippen LogP contribution in [-0.2, 0) is 0 Å². The number of benzene rings is 2. The van der Waals surface area contributed by atoms with E-state index in [1.807, 2.05) is 24.3 Å². The molecular weight excluding hydrogens is 286 g/mol. The van der Waals surface area contributed by atoms with Crippen LogP contribution < -0.4 is 10.6 Å². The Balaban J connectivity index is 1.68. The Morgan fingerprint density at radius 3 is 2.50 bits per heavy atom. The van der Waals surface area contributed by atoms with Crippen molar-refractivity contribution in [1.82, 2.24) is 9.97 Å². The van der Waals surface area contributed by atoms with Gasteiger partial charge in [-0.3, -0.25) is 15.4 Å². The second kappa shape index (κ2) is 5.52. The van der Waals surface area contributed by atoms with Crippen LogP contribution in [-0.4, -0.2) is 20.9 Å². The highest BCUT2D eigenvalue weighted by atomic mass is 16.6. The molecule has 8 nitrogen and oxygen atoms in total. The number of amides is 2. The summed E-state index contributed by atoms with van der Waals surface area (Å²) in [5.74, 6) is 0.320. The van der Waals surface area contributed by atoms with Crippen molar-refractivity contribution < 1.29 is 9.72 Å². The SMILES string of the molecule is O=C(Nc1ccc([N+](=O)[O-])cc1)Nc1nc2ccccc2[nH]1. The van der Waals surface area contributed by atoms with Gasteiger partial charge in [0.15, 0.2) is 0 Å². The molecule has 110 valence electrons. The maximum Gasteiger partial charge on any atom is 0.326 e. The zero-order valence-corrected chi connectivity index (χ0v) is 11.2. The van der Waals surface area contributed by atoms with Crippen LogP contribution in [0.2, 0.25) is 0 Å². The lowest BCUT2D eigenvalue weighted by Gasteiger charge is -2.04. The molecule has 8 heteroatoms. The number of rotatable bonds is 3. The normalized spacial score (nSPS) is 10.4. The van der Waals surface area contributed by atoms with Gasteiger partial charge in [0.2, 0.25) is 5.95 Å². The number of nitrogens with one attached hydrogen (secondary N) is 3. The number of hydrogen-bond donors (Lipinski definition) is 3. The predicted molar refractivity (Wildman–Crippen MR) is 81.8 cm³/mol. The van der Waals surface area contributed by atoms with E-state index in [0.717, 1.165) is 11.0 Å². The molecule has 0 spiro atoms. The number of carbonyl (C=O) groups excluding carboxylic acids is 1. The molecule has 0 saturated heterocycles. The summed E-state index contributed by atoms with van der Waals surface area (Å²) in [6, 6.07) is 12.4. The van der Waals surface area contributed by atoms with Crippen LogP contribution in [0.3, 0.4) is 0 Å². The first-order chi connectivity index (χ1) is 10.6. The molecule has 2 aromatic carbocycles. The second-order valence-corrected chi connectivity index (χ2v) is 4.49. The number of carbonyl (C=O) groups is 1. The number of aromatic nitrogens is 2. The lowest BCUT2D eigenvalue weighted by Crippen LogP contribution is -2.20. The molecule has 0 atom stereocenters. The predicted octanol–water partition coefficient (Wildman–Crippen LogP) is 3.12. The number of H-pyrrole nitrogens is 1. The Morgan fingerprint density at radius 1 is 1.09 bits per heavy atom. The first kappa shape index (κ1) is 13.6. The van der Waals surface area contributed by atoms with Gasteiger partial charge in [-0.05, 0) is 24.3 Å². The molecule has 2 amide bonds. The molecule has 0 unspecified atom stereocenters. The summed E-state index contributed by atoms with van der Waals surface area (Å²) in [4.78, 5) is 29.1. The minimum absolute atomic E-state index is 0.0387. The number of fused-ring (bicyclic) bond motifs is 1.